The summed E-state index contributed by atoms with van der Waals surface area (Å²) >= 11 is 0. The van der Waals surface area contributed by atoms with E-state index in [0.717, 1.165) is 17.9 Å². The topological polar surface area (TPSA) is 46.9 Å². The van der Waals surface area contributed by atoms with Crippen LogP contribution < -0.4 is 5.32 Å². The molecule has 4 heteroatoms. The Morgan fingerprint density at radius 2 is 2.15 bits per heavy atom. The lowest BCUT2D eigenvalue weighted by Gasteiger charge is -2.19. The molecule has 1 aromatic carbocycles. The van der Waals surface area contributed by atoms with E-state index >= 15 is 0 Å². The van der Waals surface area contributed by atoms with Crippen LogP contribution in [0, 0.1) is 0 Å². The number of hydrogen-bond donors (Lipinski definition) is 1. The van der Waals surface area contributed by atoms with Gasteiger partial charge < -0.3 is 9.88 Å². The van der Waals surface area contributed by atoms with Crippen molar-refractivity contribution in [3.05, 3.63) is 66.3 Å². The smallest absolute Gasteiger partial charge is 0.244 e. The minimum atomic E-state index is -0.241. The Labute approximate surface area is 119 Å². The summed E-state index contributed by atoms with van der Waals surface area (Å²) in [7, 11) is 0. The normalized spacial score (nSPS) is 12.5. The van der Waals surface area contributed by atoms with E-state index in [-0.39, 0.29) is 11.9 Å². The molecule has 4 nitrogen and oxygen atoms in total. The van der Waals surface area contributed by atoms with Gasteiger partial charge in [-0.15, -0.1) is 0 Å². The number of amides is 1. The number of aryl methyl sites for hydroxylation is 1. The second-order valence-electron chi connectivity index (χ2n) is 4.42. The first kappa shape index (κ1) is 14.1. The van der Waals surface area contributed by atoms with Crippen LogP contribution in [0.1, 0.15) is 31.3 Å². The molecule has 2 aromatic rings. The van der Waals surface area contributed by atoms with Crippen LogP contribution in [-0.2, 0) is 11.3 Å². The van der Waals surface area contributed by atoms with Crippen LogP contribution in [0.3, 0.4) is 0 Å². The number of nitrogens with one attached hydrogen (secondary N) is 1. The molecule has 0 aliphatic carbocycles. The standard InChI is InChI=1S/C16H19N3O/c1-3-8-14(20)18-15(13-9-6-5-7-10-13)16-17-11-12-19(16)4-2/h3,5-12,15H,4H2,1-2H3,(H,18,20)/b8-3+. The third kappa shape index (κ3) is 3.15. The Balaban J connectivity index is 2.37. The lowest BCUT2D eigenvalue weighted by Crippen LogP contribution is -2.30. The average Bonchev–Trinajstić information content (AvgIpc) is 2.94. The maximum Gasteiger partial charge on any atom is 0.244 e. The Morgan fingerprint density at radius 1 is 1.40 bits per heavy atom. The first-order valence-electron chi connectivity index (χ1n) is 6.75. The van der Waals surface area contributed by atoms with E-state index in [1.165, 1.54) is 6.08 Å². The van der Waals surface area contributed by atoms with Crippen molar-refractivity contribution < 1.29 is 4.79 Å². The first-order valence-corrected chi connectivity index (χ1v) is 6.75. The summed E-state index contributed by atoms with van der Waals surface area (Å²) in [6.07, 6.45) is 6.93. The molecule has 0 radical (unpaired) electrons. The Morgan fingerprint density at radius 3 is 2.80 bits per heavy atom. The van der Waals surface area contributed by atoms with Gasteiger partial charge in [0.15, 0.2) is 0 Å². The van der Waals surface area contributed by atoms with Gasteiger partial charge in [0.25, 0.3) is 0 Å². The number of carbonyl (C=O) groups is 1. The third-order valence-corrected chi connectivity index (χ3v) is 3.08. The van der Waals surface area contributed by atoms with E-state index in [9.17, 15) is 4.79 Å². The Bertz CT molecular complexity index is 587. The van der Waals surface area contributed by atoms with Gasteiger partial charge in [-0.3, -0.25) is 4.79 Å². The summed E-state index contributed by atoms with van der Waals surface area (Å²) in [5.74, 6) is 0.726. The molecule has 0 saturated carbocycles. The summed E-state index contributed by atoms with van der Waals surface area (Å²) < 4.78 is 2.04. The van der Waals surface area contributed by atoms with Crippen molar-refractivity contribution in [3.63, 3.8) is 0 Å². The minimum Gasteiger partial charge on any atom is -0.339 e. The molecule has 0 aliphatic rings. The monoisotopic (exact) mass is 269 g/mol. The molecule has 0 fully saturated rings. The highest BCUT2D eigenvalue weighted by Gasteiger charge is 2.19. The SMILES string of the molecule is C/C=C/C(=O)NC(c1ccccc1)c1nccn1CC. The number of hydrogen-bond acceptors (Lipinski definition) is 2. The average molecular weight is 269 g/mol. The molecule has 0 spiro atoms. The summed E-state index contributed by atoms with van der Waals surface area (Å²) in [6.45, 7) is 4.70. The number of allylic oxidation sites excluding steroid dienone is 1. The maximum absolute atomic E-state index is 11.9. The molecule has 1 N–H and O–H groups in total. The zero-order valence-corrected chi connectivity index (χ0v) is 11.8. The van der Waals surface area contributed by atoms with Gasteiger partial charge in [-0.1, -0.05) is 36.4 Å². The number of rotatable bonds is 5. The second-order valence-corrected chi connectivity index (χ2v) is 4.42. The zero-order chi connectivity index (χ0) is 14.4. The Kier molecular flexibility index (Phi) is 4.71. The highest BCUT2D eigenvalue weighted by Crippen LogP contribution is 2.20. The van der Waals surface area contributed by atoms with Gasteiger partial charge in [-0.05, 0) is 25.5 Å². The van der Waals surface area contributed by atoms with E-state index in [1.807, 2.05) is 48.0 Å². The van der Waals surface area contributed by atoms with Crippen LogP contribution >= 0.6 is 0 Å². The first-order chi connectivity index (χ1) is 9.76. The molecular weight excluding hydrogens is 250 g/mol. The van der Waals surface area contributed by atoms with Crippen LogP contribution in [0.5, 0.6) is 0 Å². The molecule has 2 rings (SSSR count). The third-order valence-electron chi connectivity index (χ3n) is 3.08. The molecule has 104 valence electrons. The number of imidazole rings is 1. The molecule has 0 bridgehead atoms. The van der Waals surface area contributed by atoms with Crippen LogP contribution in [0.15, 0.2) is 54.9 Å². The van der Waals surface area contributed by atoms with Gasteiger partial charge in [0.05, 0.1) is 0 Å². The number of carbonyl (C=O) groups excluding carboxylic acids is 1. The quantitative estimate of drug-likeness (QED) is 0.848. The van der Waals surface area contributed by atoms with Gasteiger partial charge in [0.2, 0.25) is 5.91 Å². The minimum absolute atomic E-state index is 0.119. The lowest BCUT2D eigenvalue weighted by molar-refractivity contribution is -0.117. The molecule has 0 saturated heterocycles. The van der Waals surface area contributed by atoms with Crippen LogP contribution in [-0.4, -0.2) is 15.5 Å². The fourth-order valence-corrected chi connectivity index (χ4v) is 2.13. The summed E-state index contributed by atoms with van der Waals surface area (Å²) in [6, 6.07) is 9.63. The summed E-state index contributed by atoms with van der Waals surface area (Å²) in [5.41, 5.74) is 1.02. The summed E-state index contributed by atoms with van der Waals surface area (Å²) in [5, 5.41) is 3.00. The van der Waals surface area contributed by atoms with Gasteiger partial charge in [0, 0.05) is 18.9 Å². The van der Waals surface area contributed by atoms with Crippen LogP contribution in [0.25, 0.3) is 0 Å². The number of nitrogens with zero attached hydrogens (tertiary/aromatic N) is 2. The molecule has 1 unspecified atom stereocenters. The zero-order valence-electron chi connectivity index (χ0n) is 11.8. The van der Waals surface area contributed by atoms with Crippen molar-refractivity contribution in [2.24, 2.45) is 0 Å². The van der Waals surface area contributed by atoms with Gasteiger partial charge in [0.1, 0.15) is 11.9 Å². The van der Waals surface area contributed by atoms with E-state index in [2.05, 4.69) is 17.2 Å². The van der Waals surface area contributed by atoms with E-state index in [4.69, 9.17) is 0 Å². The molecule has 1 heterocycles. The largest absolute Gasteiger partial charge is 0.339 e. The molecule has 1 aromatic heterocycles. The van der Waals surface area contributed by atoms with Crippen molar-refractivity contribution >= 4 is 5.91 Å². The predicted octanol–water partition coefficient (Wildman–Crippen LogP) is 2.68. The molecule has 1 amide bonds. The van der Waals surface area contributed by atoms with Crippen molar-refractivity contribution in [2.45, 2.75) is 26.4 Å². The molecule has 20 heavy (non-hydrogen) atoms. The van der Waals surface area contributed by atoms with Crippen molar-refractivity contribution in [2.75, 3.05) is 0 Å². The highest BCUT2D eigenvalue weighted by atomic mass is 16.1. The Hall–Kier alpha value is -2.36. The van der Waals surface area contributed by atoms with Crippen molar-refractivity contribution in [1.82, 2.24) is 14.9 Å². The number of aromatic nitrogens is 2. The summed E-state index contributed by atoms with van der Waals surface area (Å²) in [4.78, 5) is 16.3. The van der Waals surface area contributed by atoms with E-state index < -0.39 is 0 Å². The predicted molar refractivity (Wildman–Crippen MR) is 79.1 cm³/mol. The van der Waals surface area contributed by atoms with Gasteiger partial charge in [-0.25, -0.2) is 4.98 Å². The fraction of sp³-hybridized carbons (Fsp3) is 0.250. The fourth-order valence-electron chi connectivity index (χ4n) is 2.13. The number of benzene rings is 1. The van der Waals surface area contributed by atoms with E-state index in [0.29, 0.717) is 0 Å². The maximum atomic E-state index is 11.9. The second kappa shape index (κ2) is 6.70. The van der Waals surface area contributed by atoms with Crippen LogP contribution in [0.2, 0.25) is 0 Å². The van der Waals surface area contributed by atoms with Gasteiger partial charge in [-0.2, -0.15) is 0 Å². The van der Waals surface area contributed by atoms with E-state index in [1.54, 1.807) is 12.3 Å². The van der Waals surface area contributed by atoms with Crippen molar-refractivity contribution in [3.8, 4) is 0 Å². The van der Waals surface area contributed by atoms with Crippen molar-refractivity contribution in [1.29, 1.82) is 0 Å². The molecular formula is C16H19N3O. The molecule has 1 atom stereocenters. The van der Waals surface area contributed by atoms with Crippen LogP contribution in [0.4, 0.5) is 0 Å². The lowest BCUT2D eigenvalue weighted by atomic mass is 10.1. The highest BCUT2D eigenvalue weighted by molar-refractivity contribution is 5.87. The molecule has 0 aliphatic heterocycles. The van der Waals surface area contributed by atoms with Gasteiger partial charge >= 0.3 is 0 Å².